The van der Waals surface area contributed by atoms with E-state index in [1.54, 1.807) is 12.1 Å². The molecule has 0 heterocycles. The standard InChI is InChI=1S/C10H12BrFO2/c1-7(5-13)6-14-8-2-3-9(11)10(12)4-8/h2-4,7,13H,5-6H2,1H3. The number of aliphatic hydroxyl groups is 1. The summed E-state index contributed by atoms with van der Waals surface area (Å²) in [6.07, 6.45) is 0. The molecule has 0 aliphatic rings. The first-order valence-corrected chi connectivity index (χ1v) is 5.11. The van der Waals surface area contributed by atoms with Crippen LogP contribution in [-0.4, -0.2) is 18.3 Å². The maximum atomic E-state index is 13.0. The van der Waals surface area contributed by atoms with E-state index in [0.717, 1.165) is 0 Å². The molecule has 1 N–H and O–H groups in total. The van der Waals surface area contributed by atoms with Crippen molar-refractivity contribution >= 4 is 15.9 Å². The van der Waals surface area contributed by atoms with Gasteiger partial charge in [0.15, 0.2) is 0 Å². The molecular weight excluding hydrogens is 251 g/mol. The average Bonchev–Trinajstić information content (AvgIpc) is 2.19. The average molecular weight is 263 g/mol. The summed E-state index contributed by atoms with van der Waals surface area (Å²) >= 11 is 3.05. The zero-order valence-corrected chi connectivity index (χ0v) is 9.42. The highest BCUT2D eigenvalue weighted by Gasteiger charge is 2.04. The van der Waals surface area contributed by atoms with Gasteiger partial charge in [0.1, 0.15) is 11.6 Å². The molecule has 78 valence electrons. The monoisotopic (exact) mass is 262 g/mol. The number of ether oxygens (including phenoxy) is 1. The number of rotatable bonds is 4. The summed E-state index contributed by atoms with van der Waals surface area (Å²) in [6, 6.07) is 4.58. The summed E-state index contributed by atoms with van der Waals surface area (Å²) in [5, 5.41) is 8.75. The van der Waals surface area contributed by atoms with Crippen molar-refractivity contribution in [3.8, 4) is 5.75 Å². The summed E-state index contributed by atoms with van der Waals surface area (Å²) in [6.45, 7) is 2.31. The number of benzene rings is 1. The van der Waals surface area contributed by atoms with Crippen molar-refractivity contribution < 1.29 is 14.2 Å². The first-order valence-electron chi connectivity index (χ1n) is 4.32. The molecule has 0 aliphatic heterocycles. The van der Waals surface area contributed by atoms with Gasteiger partial charge in [-0.05, 0) is 28.1 Å². The van der Waals surface area contributed by atoms with Crippen LogP contribution in [0.5, 0.6) is 5.75 Å². The Bertz CT molecular complexity index is 304. The third kappa shape index (κ3) is 3.27. The number of hydrogen-bond donors (Lipinski definition) is 1. The summed E-state index contributed by atoms with van der Waals surface area (Å²) in [5.74, 6) is 0.187. The SMILES string of the molecule is CC(CO)COc1ccc(Br)c(F)c1. The van der Waals surface area contributed by atoms with Crippen LogP contribution in [0.4, 0.5) is 4.39 Å². The summed E-state index contributed by atoms with van der Waals surface area (Å²) < 4.78 is 18.7. The zero-order valence-electron chi connectivity index (χ0n) is 7.84. The molecule has 1 aromatic carbocycles. The summed E-state index contributed by atoms with van der Waals surface area (Å²) in [4.78, 5) is 0. The number of hydrogen-bond acceptors (Lipinski definition) is 2. The molecular formula is C10H12BrFO2. The van der Waals surface area contributed by atoms with Gasteiger partial charge < -0.3 is 9.84 Å². The van der Waals surface area contributed by atoms with Gasteiger partial charge in [-0.2, -0.15) is 0 Å². The van der Waals surface area contributed by atoms with Crippen molar-refractivity contribution in [2.75, 3.05) is 13.2 Å². The Morgan fingerprint density at radius 1 is 1.57 bits per heavy atom. The lowest BCUT2D eigenvalue weighted by Gasteiger charge is -2.10. The zero-order chi connectivity index (χ0) is 10.6. The highest BCUT2D eigenvalue weighted by Crippen LogP contribution is 2.21. The van der Waals surface area contributed by atoms with Crippen LogP contribution in [0.1, 0.15) is 6.92 Å². The largest absolute Gasteiger partial charge is 0.493 e. The number of halogens is 2. The smallest absolute Gasteiger partial charge is 0.141 e. The molecule has 0 bridgehead atoms. The van der Waals surface area contributed by atoms with Crippen LogP contribution in [0.25, 0.3) is 0 Å². The Kier molecular flexibility index (Phi) is 4.35. The van der Waals surface area contributed by atoms with E-state index in [-0.39, 0.29) is 18.3 Å². The van der Waals surface area contributed by atoms with Crippen LogP contribution < -0.4 is 4.74 Å². The molecule has 1 unspecified atom stereocenters. The van der Waals surface area contributed by atoms with Crippen molar-refractivity contribution in [1.82, 2.24) is 0 Å². The molecule has 4 heteroatoms. The van der Waals surface area contributed by atoms with Gasteiger partial charge in [0.05, 0.1) is 11.1 Å². The van der Waals surface area contributed by atoms with Crippen molar-refractivity contribution in [1.29, 1.82) is 0 Å². The van der Waals surface area contributed by atoms with Gasteiger partial charge in [-0.15, -0.1) is 0 Å². The van der Waals surface area contributed by atoms with Crippen molar-refractivity contribution in [3.63, 3.8) is 0 Å². The molecule has 0 saturated carbocycles. The van der Waals surface area contributed by atoms with Crippen LogP contribution in [0.3, 0.4) is 0 Å². The van der Waals surface area contributed by atoms with Gasteiger partial charge in [-0.3, -0.25) is 0 Å². The van der Waals surface area contributed by atoms with Gasteiger partial charge in [-0.25, -0.2) is 4.39 Å². The summed E-state index contributed by atoms with van der Waals surface area (Å²) in [7, 11) is 0. The fraction of sp³-hybridized carbons (Fsp3) is 0.400. The minimum Gasteiger partial charge on any atom is -0.493 e. The lowest BCUT2D eigenvalue weighted by atomic mass is 10.2. The topological polar surface area (TPSA) is 29.5 Å². The minimum atomic E-state index is -0.348. The fourth-order valence-corrected chi connectivity index (χ4v) is 1.10. The molecule has 1 atom stereocenters. The normalized spacial score (nSPS) is 12.6. The Labute approximate surface area is 90.8 Å². The molecule has 2 nitrogen and oxygen atoms in total. The maximum absolute atomic E-state index is 13.0. The highest BCUT2D eigenvalue weighted by atomic mass is 79.9. The van der Waals surface area contributed by atoms with Crippen molar-refractivity contribution in [2.45, 2.75) is 6.92 Å². The van der Waals surface area contributed by atoms with E-state index in [1.165, 1.54) is 6.07 Å². The maximum Gasteiger partial charge on any atom is 0.141 e. The lowest BCUT2D eigenvalue weighted by molar-refractivity contribution is 0.174. The van der Waals surface area contributed by atoms with Crippen molar-refractivity contribution in [3.05, 3.63) is 28.5 Å². The van der Waals surface area contributed by atoms with Crippen LogP contribution in [0, 0.1) is 11.7 Å². The van der Waals surface area contributed by atoms with Crippen LogP contribution in [0.2, 0.25) is 0 Å². The van der Waals surface area contributed by atoms with E-state index in [2.05, 4.69) is 15.9 Å². The summed E-state index contributed by atoms with van der Waals surface area (Å²) in [5.41, 5.74) is 0. The lowest BCUT2D eigenvalue weighted by Crippen LogP contribution is -2.12. The van der Waals surface area contributed by atoms with Gasteiger partial charge in [0, 0.05) is 18.6 Å². The minimum absolute atomic E-state index is 0.0571. The van der Waals surface area contributed by atoms with Gasteiger partial charge in [-0.1, -0.05) is 6.92 Å². The van der Waals surface area contributed by atoms with E-state index in [0.29, 0.717) is 16.8 Å². The van der Waals surface area contributed by atoms with Crippen LogP contribution in [0.15, 0.2) is 22.7 Å². The van der Waals surface area contributed by atoms with E-state index in [4.69, 9.17) is 9.84 Å². The highest BCUT2D eigenvalue weighted by molar-refractivity contribution is 9.10. The molecule has 0 aromatic heterocycles. The van der Waals surface area contributed by atoms with Gasteiger partial charge >= 0.3 is 0 Å². The second kappa shape index (κ2) is 5.32. The molecule has 1 rings (SSSR count). The van der Waals surface area contributed by atoms with E-state index < -0.39 is 0 Å². The number of aliphatic hydroxyl groups excluding tert-OH is 1. The second-order valence-electron chi connectivity index (χ2n) is 3.17. The van der Waals surface area contributed by atoms with Crippen LogP contribution in [-0.2, 0) is 0 Å². The molecule has 0 aliphatic carbocycles. The quantitative estimate of drug-likeness (QED) is 0.904. The first-order chi connectivity index (χ1) is 6.63. The Morgan fingerprint density at radius 2 is 2.29 bits per heavy atom. The van der Waals surface area contributed by atoms with Crippen molar-refractivity contribution in [2.24, 2.45) is 5.92 Å². The molecule has 0 saturated heterocycles. The molecule has 0 radical (unpaired) electrons. The predicted molar refractivity (Wildman–Crippen MR) is 55.8 cm³/mol. The molecule has 0 spiro atoms. The first kappa shape index (κ1) is 11.5. The Hall–Kier alpha value is -0.610. The third-order valence-electron chi connectivity index (χ3n) is 1.74. The molecule has 1 aromatic rings. The van der Waals surface area contributed by atoms with Crippen LogP contribution >= 0.6 is 15.9 Å². The fourth-order valence-electron chi connectivity index (χ4n) is 0.858. The Balaban J connectivity index is 2.55. The molecule has 0 fully saturated rings. The Morgan fingerprint density at radius 3 is 2.86 bits per heavy atom. The molecule has 0 amide bonds. The third-order valence-corrected chi connectivity index (χ3v) is 2.38. The second-order valence-corrected chi connectivity index (χ2v) is 4.03. The van der Waals surface area contributed by atoms with Gasteiger partial charge in [0.2, 0.25) is 0 Å². The molecule has 14 heavy (non-hydrogen) atoms. The van der Waals surface area contributed by atoms with E-state index >= 15 is 0 Å². The van der Waals surface area contributed by atoms with E-state index in [1.807, 2.05) is 6.92 Å². The predicted octanol–water partition coefficient (Wildman–Crippen LogP) is 2.60. The van der Waals surface area contributed by atoms with E-state index in [9.17, 15) is 4.39 Å². The van der Waals surface area contributed by atoms with Gasteiger partial charge in [0.25, 0.3) is 0 Å².